The molecule has 0 amide bonds. The summed E-state index contributed by atoms with van der Waals surface area (Å²) in [4.78, 5) is 57.4. The lowest BCUT2D eigenvalue weighted by molar-refractivity contribution is -0.0117. The smallest absolute Gasteiger partial charge is 0.362 e. The number of phosphoric ester groups is 4. The van der Waals surface area contributed by atoms with Crippen LogP contribution in [0.3, 0.4) is 0 Å². The molecular formula is C24H54BFN2O16P4. The molecule has 0 aromatic rings. The van der Waals surface area contributed by atoms with Crippen LogP contribution >= 0.6 is 31.3 Å². The third-order valence-corrected chi connectivity index (χ3v) is 10.7. The predicted molar refractivity (Wildman–Crippen MR) is 174 cm³/mol. The first-order chi connectivity index (χ1) is 21.4. The van der Waals surface area contributed by atoms with E-state index in [1.54, 1.807) is 27.7 Å². The molecule has 0 bridgehead atoms. The molecule has 18 nitrogen and oxygen atoms in total. The minimum atomic E-state index is -4.91. The highest BCUT2D eigenvalue weighted by atomic mass is 31.2. The molecule has 0 saturated heterocycles. The van der Waals surface area contributed by atoms with Crippen molar-refractivity contribution in [1.29, 1.82) is 0 Å². The van der Waals surface area contributed by atoms with Crippen molar-refractivity contribution in [1.82, 2.24) is 10.8 Å². The second kappa shape index (κ2) is 19.4. The average molecular weight is 780 g/mol. The molecule has 0 fully saturated rings. The minimum Gasteiger partial charge on any atom is -0.362 e. The minimum absolute atomic E-state index is 0.0160. The molecule has 6 atom stereocenters. The highest BCUT2D eigenvalue weighted by Gasteiger charge is 2.40. The van der Waals surface area contributed by atoms with E-state index >= 15 is 0 Å². The fraction of sp³-hybridized carbons (Fsp3) is 1.00. The molecule has 0 aliphatic rings. The monoisotopic (exact) mass is 780 g/mol. The lowest BCUT2D eigenvalue weighted by Gasteiger charge is -2.37. The number of hydrogen-bond donors (Lipinski definition) is 8. The van der Waals surface area contributed by atoms with Gasteiger partial charge in [-0.05, 0) is 79.6 Å². The molecule has 0 aromatic heterocycles. The van der Waals surface area contributed by atoms with E-state index in [1.165, 1.54) is 33.2 Å². The number of nitrogens with one attached hydrogen (secondary N) is 2. The van der Waals surface area contributed by atoms with Crippen molar-refractivity contribution in [2.24, 2.45) is 11.8 Å². The number of hydrogen-bond acceptors (Lipinski definition) is 12. The second-order valence-electron chi connectivity index (χ2n) is 13.5. The van der Waals surface area contributed by atoms with Gasteiger partial charge in [-0.15, -0.1) is 4.48 Å². The lowest BCUT2D eigenvalue weighted by atomic mass is 9.82. The molecule has 0 aliphatic carbocycles. The van der Waals surface area contributed by atoms with E-state index in [1.807, 2.05) is 0 Å². The van der Waals surface area contributed by atoms with Crippen molar-refractivity contribution in [2.75, 3.05) is 26.4 Å². The number of phosphoric acid groups is 4. The first-order valence-corrected chi connectivity index (χ1v) is 21.1. The van der Waals surface area contributed by atoms with Crippen LogP contribution in [0.4, 0.5) is 4.48 Å². The summed E-state index contributed by atoms with van der Waals surface area (Å²) in [6.45, 7) is 10.5. The Bertz CT molecular complexity index is 1180. The first-order valence-electron chi connectivity index (χ1n) is 15.1. The first kappa shape index (κ1) is 48.4. The molecule has 286 valence electrons. The van der Waals surface area contributed by atoms with Gasteiger partial charge in [-0.3, -0.25) is 27.1 Å². The molecule has 0 saturated carbocycles. The van der Waals surface area contributed by atoms with Gasteiger partial charge in [-0.1, -0.05) is 13.8 Å². The van der Waals surface area contributed by atoms with Crippen LogP contribution in [0.15, 0.2) is 0 Å². The summed E-state index contributed by atoms with van der Waals surface area (Å²) in [5.41, 5.74) is -3.15. The highest BCUT2D eigenvalue weighted by Crippen LogP contribution is 2.53. The summed E-state index contributed by atoms with van der Waals surface area (Å²) in [5, 5.41) is 2.59. The summed E-state index contributed by atoms with van der Waals surface area (Å²) in [5.74, 6) is -1.55. The van der Waals surface area contributed by atoms with Crippen LogP contribution in [0.5, 0.6) is 0 Å². The van der Waals surface area contributed by atoms with Gasteiger partial charge < -0.3 is 34.6 Å². The van der Waals surface area contributed by atoms with Crippen LogP contribution < -0.4 is 10.8 Å². The standard InChI is InChI=1S/C24H54BFN2O16P4/c1-9-23(7,43-48(37,38)42-18-20(14-22(5,6)28-26)17-41-46(32,33)34)11-12-39-47(35,36)44-24(8,10-2)15-19(13-21(3,4)27-25)16-40-45(29,30)31/h19-20,27-28H,9-18H2,1-8H3,(H,35,36)(H,37,38)(H2,29,30,31)(H2,32,33,34). The summed E-state index contributed by atoms with van der Waals surface area (Å²) in [6.07, 6.45) is 0.224. The summed E-state index contributed by atoms with van der Waals surface area (Å²) in [6, 6.07) is 0. The van der Waals surface area contributed by atoms with Gasteiger partial charge in [0, 0.05) is 23.4 Å². The van der Waals surface area contributed by atoms with Gasteiger partial charge >= 0.3 is 31.3 Å². The van der Waals surface area contributed by atoms with Crippen LogP contribution in [-0.4, -0.2) is 86.0 Å². The van der Waals surface area contributed by atoms with E-state index in [-0.39, 0.29) is 38.5 Å². The van der Waals surface area contributed by atoms with Crippen molar-refractivity contribution >= 4 is 39.3 Å². The highest BCUT2D eigenvalue weighted by molar-refractivity contribution is 7.47. The van der Waals surface area contributed by atoms with E-state index in [2.05, 4.69) is 9.75 Å². The van der Waals surface area contributed by atoms with Gasteiger partial charge in [-0.25, -0.2) is 18.3 Å². The molecule has 0 aliphatic heterocycles. The van der Waals surface area contributed by atoms with Crippen molar-refractivity contribution < 1.29 is 79.2 Å². The molecule has 0 spiro atoms. The predicted octanol–water partition coefficient (Wildman–Crippen LogP) is 4.31. The molecule has 0 rings (SSSR count). The second-order valence-corrected chi connectivity index (χ2v) is 18.8. The van der Waals surface area contributed by atoms with Crippen molar-refractivity contribution in [3.05, 3.63) is 0 Å². The zero-order chi connectivity index (χ0) is 37.9. The third-order valence-electron chi connectivity index (χ3n) is 7.45. The van der Waals surface area contributed by atoms with Gasteiger partial charge in [0.25, 0.3) is 0 Å². The van der Waals surface area contributed by atoms with E-state index in [0.29, 0.717) is 0 Å². The molecule has 0 aromatic carbocycles. The van der Waals surface area contributed by atoms with Gasteiger partial charge in [0.1, 0.15) is 0 Å². The fourth-order valence-corrected chi connectivity index (χ4v) is 7.81. The molecule has 6 unspecified atom stereocenters. The third kappa shape index (κ3) is 22.3. The van der Waals surface area contributed by atoms with Gasteiger partial charge in [0.05, 0.1) is 37.6 Å². The van der Waals surface area contributed by atoms with Crippen molar-refractivity contribution in [3.8, 4) is 0 Å². The van der Waals surface area contributed by atoms with Crippen LogP contribution in [0.2, 0.25) is 0 Å². The topological polar surface area (TPSA) is 269 Å². The average Bonchev–Trinajstić information content (AvgIpc) is 2.91. The Balaban J connectivity index is 5.52. The summed E-state index contributed by atoms with van der Waals surface area (Å²) in [7, 11) is -13.8. The van der Waals surface area contributed by atoms with E-state index in [0.717, 1.165) is 0 Å². The largest absolute Gasteiger partial charge is 0.472 e. The Morgan fingerprint density at radius 2 is 1.06 bits per heavy atom. The van der Waals surface area contributed by atoms with Crippen molar-refractivity contribution in [3.63, 3.8) is 0 Å². The Kier molecular flexibility index (Phi) is 19.6. The normalized spacial score (nSPS) is 19.9. The van der Waals surface area contributed by atoms with Crippen LogP contribution in [0.1, 0.15) is 93.9 Å². The zero-order valence-corrected chi connectivity index (χ0v) is 32.3. The zero-order valence-electron chi connectivity index (χ0n) is 28.7. The van der Waals surface area contributed by atoms with Crippen molar-refractivity contribution in [2.45, 2.75) is 116 Å². The van der Waals surface area contributed by atoms with E-state index < -0.39 is 91.8 Å². The van der Waals surface area contributed by atoms with Gasteiger partial charge in [0.2, 0.25) is 0 Å². The Morgan fingerprint density at radius 3 is 1.50 bits per heavy atom. The van der Waals surface area contributed by atoms with Crippen LogP contribution in [0, 0.1) is 11.8 Å². The van der Waals surface area contributed by atoms with E-state index in [9.17, 15) is 42.3 Å². The molecular weight excluding hydrogens is 726 g/mol. The maximum Gasteiger partial charge on any atom is 0.472 e. The lowest BCUT2D eigenvalue weighted by Crippen LogP contribution is -2.42. The quantitative estimate of drug-likeness (QED) is 0.0328. The van der Waals surface area contributed by atoms with Crippen LogP contribution in [-0.2, 0) is 45.4 Å². The SMILES string of the molecule is [B]NC(C)(C)CC(COP(=O)(O)O)CC(C)(CC)OP(=O)(O)OCCC(C)(CC)OP(=O)(O)OCC(COP(=O)(O)O)CC(C)(C)NF. The van der Waals surface area contributed by atoms with E-state index in [4.69, 9.17) is 40.4 Å². The van der Waals surface area contributed by atoms with Crippen LogP contribution in [0.25, 0.3) is 0 Å². The molecule has 48 heavy (non-hydrogen) atoms. The molecule has 24 heteroatoms. The van der Waals surface area contributed by atoms with Gasteiger partial charge in [0.15, 0.2) is 7.98 Å². The Labute approximate surface area is 283 Å². The molecule has 2 radical (unpaired) electrons. The number of halogens is 1. The molecule has 8 N–H and O–H groups in total. The molecule has 0 heterocycles. The number of rotatable bonds is 27. The fourth-order valence-electron chi connectivity index (χ4n) is 4.63. The summed E-state index contributed by atoms with van der Waals surface area (Å²) < 4.78 is 91.7. The maximum absolute atomic E-state index is 13.1. The van der Waals surface area contributed by atoms with Gasteiger partial charge in [-0.2, -0.15) is 5.54 Å². The Hall–Kier alpha value is 0.355. The maximum atomic E-state index is 13.1. The summed E-state index contributed by atoms with van der Waals surface area (Å²) >= 11 is 0. The Morgan fingerprint density at radius 1 is 0.646 bits per heavy atom.